The summed E-state index contributed by atoms with van der Waals surface area (Å²) >= 11 is 0. The molecule has 1 fully saturated rings. The molecule has 0 spiro atoms. The van der Waals surface area contributed by atoms with Crippen LogP contribution < -0.4 is 11.1 Å². The van der Waals surface area contributed by atoms with Crippen LogP contribution in [0.25, 0.3) is 0 Å². The van der Waals surface area contributed by atoms with Crippen LogP contribution in [0.2, 0.25) is 0 Å². The van der Waals surface area contributed by atoms with Gasteiger partial charge in [0.25, 0.3) is 0 Å². The summed E-state index contributed by atoms with van der Waals surface area (Å²) in [5.41, 5.74) is 5.67. The van der Waals surface area contributed by atoms with Gasteiger partial charge in [-0.1, -0.05) is 33.1 Å². The van der Waals surface area contributed by atoms with E-state index >= 15 is 0 Å². The molecule has 1 aliphatic carbocycles. The van der Waals surface area contributed by atoms with Crippen LogP contribution in [0.5, 0.6) is 0 Å². The van der Waals surface area contributed by atoms with Gasteiger partial charge in [-0.3, -0.25) is 4.79 Å². The van der Waals surface area contributed by atoms with Gasteiger partial charge in [-0.05, 0) is 38.0 Å². The van der Waals surface area contributed by atoms with Crippen LogP contribution in [0, 0.1) is 11.8 Å². The molecule has 0 bridgehead atoms. The van der Waals surface area contributed by atoms with Gasteiger partial charge in [-0.15, -0.1) is 0 Å². The van der Waals surface area contributed by atoms with Crippen molar-refractivity contribution >= 4 is 5.91 Å². The molecule has 1 atom stereocenters. The van der Waals surface area contributed by atoms with Crippen LogP contribution in [-0.2, 0) is 4.79 Å². The molecule has 0 aromatic heterocycles. The highest BCUT2D eigenvalue weighted by Gasteiger charge is 2.24. The van der Waals surface area contributed by atoms with E-state index in [1.54, 1.807) is 0 Å². The van der Waals surface area contributed by atoms with E-state index in [1.165, 1.54) is 25.7 Å². The number of hydrogen-bond acceptors (Lipinski definition) is 2. The molecule has 3 heteroatoms. The third-order valence-corrected chi connectivity index (χ3v) is 4.18. The van der Waals surface area contributed by atoms with Crippen molar-refractivity contribution in [3.8, 4) is 0 Å². The topological polar surface area (TPSA) is 55.1 Å². The maximum Gasteiger partial charge on any atom is 0.224 e. The second kappa shape index (κ2) is 8.52. The number of amides is 1. The summed E-state index contributed by atoms with van der Waals surface area (Å²) in [5.74, 6) is 1.09. The van der Waals surface area contributed by atoms with Gasteiger partial charge in [0.15, 0.2) is 0 Å². The van der Waals surface area contributed by atoms with Gasteiger partial charge in [0.05, 0.1) is 5.92 Å². The number of hydrogen-bond donors (Lipinski definition) is 2. The Morgan fingerprint density at radius 2 is 1.89 bits per heavy atom. The Morgan fingerprint density at radius 1 is 1.22 bits per heavy atom. The Kier molecular flexibility index (Phi) is 7.33. The minimum Gasteiger partial charge on any atom is -0.353 e. The van der Waals surface area contributed by atoms with E-state index in [1.807, 2.05) is 0 Å². The normalized spacial score (nSPS) is 25.7. The number of nitrogens with one attached hydrogen (secondary N) is 1. The molecule has 0 aliphatic heterocycles. The van der Waals surface area contributed by atoms with Gasteiger partial charge < -0.3 is 11.1 Å². The first-order chi connectivity index (χ1) is 8.71. The van der Waals surface area contributed by atoms with Crippen molar-refractivity contribution in [2.45, 2.75) is 71.3 Å². The van der Waals surface area contributed by atoms with E-state index in [-0.39, 0.29) is 11.8 Å². The highest BCUT2D eigenvalue weighted by Crippen LogP contribution is 2.27. The highest BCUT2D eigenvalue weighted by atomic mass is 16.1. The monoisotopic (exact) mass is 254 g/mol. The quantitative estimate of drug-likeness (QED) is 0.734. The lowest BCUT2D eigenvalue weighted by Gasteiger charge is -2.30. The number of nitrogens with two attached hydrogens (primary N) is 1. The average Bonchev–Trinajstić information content (AvgIpc) is 2.38. The van der Waals surface area contributed by atoms with Crippen LogP contribution in [-0.4, -0.2) is 18.5 Å². The third kappa shape index (κ3) is 4.97. The zero-order valence-electron chi connectivity index (χ0n) is 12.1. The molecule has 18 heavy (non-hydrogen) atoms. The molecule has 1 aliphatic rings. The fourth-order valence-corrected chi connectivity index (χ4v) is 3.03. The number of rotatable bonds is 7. The van der Waals surface area contributed by atoms with Gasteiger partial charge in [0.2, 0.25) is 5.91 Å². The minimum atomic E-state index is 0.0170. The predicted octanol–water partition coefficient (Wildman–Crippen LogP) is 2.84. The summed E-state index contributed by atoms with van der Waals surface area (Å²) in [5, 5.41) is 3.20. The second-order valence-corrected chi connectivity index (χ2v) is 5.74. The molecule has 0 saturated heterocycles. The van der Waals surface area contributed by atoms with Crippen molar-refractivity contribution in [1.82, 2.24) is 5.32 Å². The van der Waals surface area contributed by atoms with Crippen LogP contribution in [0.1, 0.15) is 65.2 Å². The molecule has 1 rings (SSSR count). The van der Waals surface area contributed by atoms with Crippen LogP contribution in [0.15, 0.2) is 0 Å². The Balaban J connectivity index is 2.29. The van der Waals surface area contributed by atoms with E-state index in [0.29, 0.717) is 12.6 Å². The first kappa shape index (κ1) is 15.5. The molecule has 1 saturated carbocycles. The molecule has 0 aromatic rings. The van der Waals surface area contributed by atoms with E-state index < -0.39 is 0 Å². The van der Waals surface area contributed by atoms with E-state index in [4.69, 9.17) is 5.73 Å². The molecule has 0 aromatic carbocycles. The van der Waals surface area contributed by atoms with Gasteiger partial charge in [-0.25, -0.2) is 0 Å². The lowest BCUT2D eigenvalue weighted by Crippen LogP contribution is -2.42. The van der Waals surface area contributed by atoms with Crippen molar-refractivity contribution in [2.75, 3.05) is 6.54 Å². The largest absolute Gasteiger partial charge is 0.353 e. The minimum absolute atomic E-state index is 0.0170. The van der Waals surface area contributed by atoms with Crippen LogP contribution in [0.4, 0.5) is 0 Å². The molecule has 1 unspecified atom stereocenters. The van der Waals surface area contributed by atoms with Gasteiger partial charge in [0.1, 0.15) is 0 Å². The molecule has 3 N–H and O–H groups in total. The van der Waals surface area contributed by atoms with Crippen molar-refractivity contribution in [3.05, 3.63) is 0 Å². The summed E-state index contributed by atoms with van der Waals surface area (Å²) < 4.78 is 0. The van der Waals surface area contributed by atoms with E-state index in [9.17, 15) is 4.79 Å². The smallest absolute Gasteiger partial charge is 0.224 e. The van der Waals surface area contributed by atoms with Crippen molar-refractivity contribution in [1.29, 1.82) is 0 Å². The zero-order chi connectivity index (χ0) is 13.4. The summed E-state index contributed by atoms with van der Waals surface area (Å²) in [7, 11) is 0. The van der Waals surface area contributed by atoms with Gasteiger partial charge >= 0.3 is 0 Å². The summed E-state index contributed by atoms with van der Waals surface area (Å²) in [4.78, 5) is 12.0. The fourth-order valence-electron chi connectivity index (χ4n) is 3.03. The predicted molar refractivity (Wildman–Crippen MR) is 76.2 cm³/mol. The maximum atomic E-state index is 12.0. The zero-order valence-corrected chi connectivity index (χ0v) is 12.1. The van der Waals surface area contributed by atoms with Crippen LogP contribution in [0.3, 0.4) is 0 Å². The second-order valence-electron chi connectivity index (χ2n) is 5.74. The Hall–Kier alpha value is -0.570. The molecule has 3 nitrogen and oxygen atoms in total. The molecule has 0 heterocycles. The third-order valence-electron chi connectivity index (χ3n) is 4.18. The summed E-state index contributed by atoms with van der Waals surface area (Å²) in [6, 6.07) is 0.400. The summed E-state index contributed by atoms with van der Waals surface area (Å²) in [6.45, 7) is 4.83. The van der Waals surface area contributed by atoms with Gasteiger partial charge in [0, 0.05) is 12.6 Å². The first-order valence-corrected chi connectivity index (χ1v) is 7.71. The molecular weight excluding hydrogens is 224 g/mol. The fraction of sp³-hybridized carbons (Fsp3) is 0.933. The van der Waals surface area contributed by atoms with Crippen molar-refractivity contribution < 1.29 is 4.79 Å². The average molecular weight is 254 g/mol. The molecular formula is C15H30N2O. The van der Waals surface area contributed by atoms with Gasteiger partial charge in [-0.2, -0.15) is 0 Å². The van der Waals surface area contributed by atoms with E-state index in [2.05, 4.69) is 19.2 Å². The standard InChI is InChI=1S/C15H30N2O/c1-3-5-12-7-9-14(10-8-12)17-15(18)13(11-16)6-4-2/h12-14H,3-11,16H2,1-2H3,(H,17,18). The Morgan fingerprint density at radius 3 is 2.39 bits per heavy atom. The lowest BCUT2D eigenvalue weighted by molar-refractivity contribution is -0.125. The van der Waals surface area contributed by atoms with E-state index in [0.717, 1.165) is 31.6 Å². The number of carbonyl (C=O) groups excluding carboxylic acids is 1. The molecule has 106 valence electrons. The Bertz CT molecular complexity index is 235. The van der Waals surface area contributed by atoms with Crippen LogP contribution >= 0.6 is 0 Å². The van der Waals surface area contributed by atoms with Crippen molar-refractivity contribution in [2.24, 2.45) is 17.6 Å². The maximum absolute atomic E-state index is 12.0. The molecule has 0 radical (unpaired) electrons. The molecule has 1 amide bonds. The Labute approximate surface area is 112 Å². The first-order valence-electron chi connectivity index (χ1n) is 7.71. The SMILES string of the molecule is CCCC1CCC(NC(=O)C(CN)CCC)CC1. The summed E-state index contributed by atoms with van der Waals surface area (Å²) in [6.07, 6.45) is 9.43. The lowest BCUT2D eigenvalue weighted by atomic mass is 9.83. The highest BCUT2D eigenvalue weighted by molar-refractivity contribution is 5.79. The number of carbonyl (C=O) groups is 1. The van der Waals surface area contributed by atoms with Crippen molar-refractivity contribution in [3.63, 3.8) is 0 Å².